The smallest absolute Gasteiger partial charge is 0.119 e. The minimum absolute atomic E-state index is 0.173. The lowest BCUT2D eigenvalue weighted by Crippen LogP contribution is -2.16. The maximum atomic E-state index is 5.78. The van der Waals surface area contributed by atoms with Gasteiger partial charge in [-0.15, -0.1) is 0 Å². The Balaban J connectivity index is 0.000000313. The highest BCUT2D eigenvalue weighted by molar-refractivity contribution is 5.78. The molecule has 3 rings (SSSR count). The van der Waals surface area contributed by atoms with Crippen molar-refractivity contribution in [3.05, 3.63) is 103 Å². The highest BCUT2D eigenvalue weighted by atomic mass is 16.5. The third-order valence-corrected chi connectivity index (χ3v) is 3.80. The van der Waals surface area contributed by atoms with Crippen LogP contribution in [0, 0.1) is 5.41 Å². The largest absolute Gasteiger partial charge is 0.493 e. The average molecular weight is 360 g/mol. The van der Waals surface area contributed by atoms with E-state index in [1.807, 2.05) is 60.7 Å². The van der Waals surface area contributed by atoms with Crippen molar-refractivity contribution in [2.45, 2.75) is 20.8 Å². The monoisotopic (exact) mass is 359 g/mol. The van der Waals surface area contributed by atoms with Crippen LogP contribution in [0.2, 0.25) is 0 Å². The van der Waals surface area contributed by atoms with Crippen LogP contribution in [0.1, 0.15) is 31.9 Å². The number of ether oxygens (including phenoxy) is 1. The predicted molar refractivity (Wildman–Crippen MR) is 117 cm³/mol. The van der Waals surface area contributed by atoms with E-state index in [9.17, 15) is 0 Å². The van der Waals surface area contributed by atoms with Crippen LogP contribution in [0.15, 0.2) is 91.5 Å². The molecule has 27 heavy (non-hydrogen) atoms. The van der Waals surface area contributed by atoms with Crippen LogP contribution < -0.4 is 10.5 Å². The molecule has 0 saturated heterocycles. The maximum Gasteiger partial charge on any atom is 0.119 e. The number of hydrogen-bond donors (Lipinski definition) is 1. The molecule has 0 spiro atoms. The number of rotatable bonds is 4. The molecule has 0 atom stereocenters. The minimum Gasteiger partial charge on any atom is -0.493 e. The molecule has 0 radical (unpaired) electrons. The molecule has 0 aliphatic rings. The van der Waals surface area contributed by atoms with E-state index in [4.69, 9.17) is 10.5 Å². The second-order valence-corrected chi connectivity index (χ2v) is 7.63. The van der Waals surface area contributed by atoms with Crippen LogP contribution in [0.25, 0.3) is 5.57 Å². The van der Waals surface area contributed by atoms with E-state index in [0.717, 1.165) is 28.1 Å². The fourth-order valence-corrected chi connectivity index (χ4v) is 2.31. The molecule has 0 amide bonds. The molecule has 0 fully saturated rings. The summed E-state index contributed by atoms with van der Waals surface area (Å²) in [4.78, 5) is 0. The van der Waals surface area contributed by atoms with E-state index in [-0.39, 0.29) is 5.41 Å². The lowest BCUT2D eigenvalue weighted by Gasteiger charge is -2.19. The zero-order chi connectivity index (χ0) is 19.7. The normalized spacial score (nSPS) is 10.5. The first-order chi connectivity index (χ1) is 12.8. The molecular formula is C25H29NO. The first-order valence-corrected chi connectivity index (χ1v) is 9.13. The van der Waals surface area contributed by atoms with E-state index >= 15 is 0 Å². The molecule has 0 heterocycles. The molecule has 0 saturated carbocycles. The van der Waals surface area contributed by atoms with Crippen LogP contribution in [-0.2, 0) is 0 Å². The Morgan fingerprint density at radius 1 is 0.778 bits per heavy atom. The van der Waals surface area contributed by atoms with Crippen LogP contribution in [0.4, 0.5) is 5.69 Å². The van der Waals surface area contributed by atoms with Crippen molar-refractivity contribution < 1.29 is 4.74 Å². The van der Waals surface area contributed by atoms with Crippen molar-refractivity contribution in [3.63, 3.8) is 0 Å². The highest BCUT2D eigenvalue weighted by Gasteiger charge is 2.11. The van der Waals surface area contributed by atoms with E-state index in [2.05, 4.69) is 51.6 Å². The Labute approximate surface area is 163 Å². The summed E-state index contributed by atoms with van der Waals surface area (Å²) in [5.41, 5.74) is 9.66. The Hall–Kier alpha value is -3.00. The lowest BCUT2D eigenvalue weighted by atomic mass is 9.98. The number of anilines is 1. The summed E-state index contributed by atoms with van der Waals surface area (Å²) in [5.74, 6) is 0.907. The number of para-hydroxylation sites is 1. The lowest BCUT2D eigenvalue weighted by molar-refractivity contribution is 0.198. The van der Waals surface area contributed by atoms with Crippen molar-refractivity contribution in [1.82, 2.24) is 0 Å². The first-order valence-electron chi connectivity index (χ1n) is 9.13. The van der Waals surface area contributed by atoms with E-state index in [0.29, 0.717) is 6.61 Å². The van der Waals surface area contributed by atoms with Crippen molar-refractivity contribution in [2.75, 3.05) is 12.3 Å². The third-order valence-electron chi connectivity index (χ3n) is 3.80. The Morgan fingerprint density at radius 2 is 1.26 bits per heavy atom. The fraction of sp³-hybridized carbons (Fsp3) is 0.200. The van der Waals surface area contributed by atoms with Gasteiger partial charge < -0.3 is 10.5 Å². The Morgan fingerprint density at radius 3 is 1.70 bits per heavy atom. The maximum absolute atomic E-state index is 5.78. The summed E-state index contributed by atoms with van der Waals surface area (Å²) < 4.78 is 5.78. The van der Waals surface area contributed by atoms with E-state index < -0.39 is 0 Å². The molecule has 2 N–H and O–H groups in total. The van der Waals surface area contributed by atoms with Crippen LogP contribution in [-0.4, -0.2) is 6.61 Å². The molecule has 3 aromatic rings. The summed E-state index contributed by atoms with van der Waals surface area (Å²) in [6, 6.07) is 27.9. The molecule has 0 aliphatic carbocycles. The third kappa shape index (κ3) is 7.41. The van der Waals surface area contributed by atoms with Crippen molar-refractivity contribution in [2.24, 2.45) is 5.41 Å². The Kier molecular flexibility index (Phi) is 7.25. The van der Waals surface area contributed by atoms with Gasteiger partial charge in [0, 0.05) is 5.69 Å². The zero-order valence-corrected chi connectivity index (χ0v) is 16.5. The molecule has 140 valence electrons. The van der Waals surface area contributed by atoms with Crippen LogP contribution in [0.3, 0.4) is 0 Å². The summed E-state index contributed by atoms with van der Waals surface area (Å²) in [6.45, 7) is 11.4. The van der Waals surface area contributed by atoms with E-state index in [1.165, 1.54) is 0 Å². The molecule has 0 aliphatic heterocycles. The van der Waals surface area contributed by atoms with Gasteiger partial charge in [0.25, 0.3) is 0 Å². The fourth-order valence-electron chi connectivity index (χ4n) is 2.31. The summed E-state index contributed by atoms with van der Waals surface area (Å²) >= 11 is 0. The zero-order valence-electron chi connectivity index (χ0n) is 16.5. The first kappa shape index (κ1) is 20.3. The molecule has 0 unspecified atom stereocenters. The van der Waals surface area contributed by atoms with Crippen LogP contribution in [0.5, 0.6) is 5.75 Å². The second-order valence-electron chi connectivity index (χ2n) is 7.63. The summed E-state index contributed by atoms with van der Waals surface area (Å²) in [7, 11) is 0. The highest BCUT2D eigenvalue weighted by Crippen LogP contribution is 2.24. The van der Waals surface area contributed by atoms with Crippen LogP contribution >= 0.6 is 0 Å². The molecule has 0 aromatic heterocycles. The Bertz CT molecular complexity index is 816. The number of hydrogen-bond acceptors (Lipinski definition) is 2. The SMILES string of the molecule is C=C(c1ccccc1)c1ccc(OCC(C)(C)C)cc1.Nc1ccccc1. The second kappa shape index (κ2) is 9.63. The molecule has 3 aromatic carbocycles. The van der Waals surface area contributed by atoms with Gasteiger partial charge in [-0.05, 0) is 46.4 Å². The van der Waals surface area contributed by atoms with E-state index in [1.54, 1.807) is 0 Å². The van der Waals surface area contributed by atoms with Gasteiger partial charge in [0.2, 0.25) is 0 Å². The van der Waals surface area contributed by atoms with Crippen molar-refractivity contribution in [1.29, 1.82) is 0 Å². The number of nitrogens with two attached hydrogens (primary N) is 1. The molecular weight excluding hydrogens is 330 g/mol. The van der Waals surface area contributed by atoms with Gasteiger partial charge in [-0.3, -0.25) is 0 Å². The predicted octanol–water partition coefficient (Wildman–Crippen LogP) is 6.44. The topological polar surface area (TPSA) is 35.2 Å². The summed E-state index contributed by atoms with van der Waals surface area (Å²) in [5, 5.41) is 0. The summed E-state index contributed by atoms with van der Waals surface area (Å²) in [6.07, 6.45) is 0. The molecule has 2 heteroatoms. The molecule has 0 bridgehead atoms. The van der Waals surface area contributed by atoms with Gasteiger partial charge in [0.1, 0.15) is 5.75 Å². The molecule has 2 nitrogen and oxygen atoms in total. The standard InChI is InChI=1S/C19H22O.C6H7N/c1-15(16-8-6-5-7-9-16)17-10-12-18(13-11-17)20-14-19(2,3)4;7-6-4-2-1-3-5-6/h5-13H,1,14H2,2-4H3;1-5H,7H2. The van der Waals surface area contributed by atoms with Gasteiger partial charge in [-0.25, -0.2) is 0 Å². The van der Waals surface area contributed by atoms with Crippen molar-refractivity contribution in [3.8, 4) is 5.75 Å². The van der Waals surface area contributed by atoms with Gasteiger partial charge >= 0.3 is 0 Å². The number of nitrogen functional groups attached to an aromatic ring is 1. The van der Waals surface area contributed by atoms with Gasteiger partial charge in [0.15, 0.2) is 0 Å². The van der Waals surface area contributed by atoms with Gasteiger partial charge in [-0.1, -0.05) is 88.0 Å². The van der Waals surface area contributed by atoms with Gasteiger partial charge in [0.05, 0.1) is 6.61 Å². The average Bonchev–Trinajstić information content (AvgIpc) is 2.67. The van der Waals surface area contributed by atoms with Gasteiger partial charge in [-0.2, -0.15) is 0 Å². The van der Waals surface area contributed by atoms with Crippen molar-refractivity contribution >= 4 is 11.3 Å². The quantitative estimate of drug-likeness (QED) is 0.544. The number of benzene rings is 3. The minimum atomic E-state index is 0.173.